The summed E-state index contributed by atoms with van der Waals surface area (Å²) < 4.78 is 1.19. The van der Waals surface area contributed by atoms with E-state index in [1.165, 1.54) is 10.0 Å². The van der Waals surface area contributed by atoms with Crippen LogP contribution in [-0.4, -0.2) is 30.6 Å². The van der Waals surface area contributed by atoms with Crippen molar-refractivity contribution in [3.8, 4) is 0 Å². The van der Waals surface area contributed by atoms with E-state index in [-0.39, 0.29) is 0 Å². The summed E-state index contributed by atoms with van der Waals surface area (Å²) in [7, 11) is 2.16. The third-order valence-electron chi connectivity index (χ3n) is 3.26. The minimum atomic E-state index is 0.321. The molecule has 0 bridgehead atoms. The minimum absolute atomic E-state index is 0.321. The van der Waals surface area contributed by atoms with E-state index in [0.717, 1.165) is 19.4 Å². The molecule has 0 radical (unpaired) electrons. The van der Waals surface area contributed by atoms with Crippen molar-refractivity contribution in [2.45, 2.75) is 24.9 Å². The van der Waals surface area contributed by atoms with Crippen LogP contribution in [0.3, 0.4) is 0 Å². The molecule has 0 aliphatic carbocycles. The maximum Gasteiger partial charge on any atom is 0.0285 e. The van der Waals surface area contributed by atoms with Gasteiger partial charge in [-0.1, -0.05) is 34.1 Å². The first-order valence-electron chi connectivity index (χ1n) is 5.37. The molecule has 15 heavy (non-hydrogen) atoms. The van der Waals surface area contributed by atoms with E-state index >= 15 is 0 Å². The first-order chi connectivity index (χ1) is 7.18. The first kappa shape index (κ1) is 11.1. The van der Waals surface area contributed by atoms with Crippen molar-refractivity contribution < 1.29 is 0 Å². The third-order valence-corrected chi connectivity index (χ3v) is 4.04. The highest BCUT2D eigenvalue weighted by Gasteiger charge is 2.29. The van der Waals surface area contributed by atoms with Crippen molar-refractivity contribution >= 4 is 15.9 Å². The predicted octanol–water partition coefficient (Wildman–Crippen LogP) is 2.02. The summed E-state index contributed by atoms with van der Waals surface area (Å²) >= 11 is 3.58. The monoisotopic (exact) mass is 268 g/mol. The van der Waals surface area contributed by atoms with Gasteiger partial charge in [0.2, 0.25) is 0 Å². The molecular weight excluding hydrogens is 252 g/mol. The highest BCUT2D eigenvalue weighted by molar-refractivity contribution is 9.10. The molecule has 1 aliphatic heterocycles. The van der Waals surface area contributed by atoms with Gasteiger partial charge in [0, 0.05) is 16.6 Å². The number of halogens is 1. The Morgan fingerprint density at radius 3 is 2.80 bits per heavy atom. The summed E-state index contributed by atoms with van der Waals surface area (Å²) in [5, 5.41) is 0. The van der Waals surface area contributed by atoms with Crippen LogP contribution < -0.4 is 5.73 Å². The van der Waals surface area contributed by atoms with Crippen LogP contribution in [0, 0.1) is 0 Å². The minimum Gasteiger partial charge on any atom is -0.326 e. The second-order valence-electron chi connectivity index (χ2n) is 4.30. The van der Waals surface area contributed by atoms with Crippen molar-refractivity contribution in [1.82, 2.24) is 4.90 Å². The number of nitrogens with zero attached hydrogens (tertiary/aromatic N) is 1. The third kappa shape index (κ3) is 2.41. The zero-order chi connectivity index (χ0) is 10.8. The zero-order valence-corrected chi connectivity index (χ0v) is 10.6. The largest absolute Gasteiger partial charge is 0.326 e. The van der Waals surface area contributed by atoms with E-state index in [1.807, 2.05) is 6.07 Å². The van der Waals surface area contributed by atoms with Gasteiger partial charge in [-0.25, -0.2) is 0 Å². The number of nitrogens with two attached hydrogens (primary N) is 1. The molecule has 1 fully saturated rings. The fourth-order valence-electron chi connectivity index (χ4n) is 2.23. The molecule has 0 amide bonds. The van der Waals surface area contributed by atoms with Gasteiger partial charge in [-0.3, -0.25) is 0 Å². The van der Waals surface area contributed by atoms with Gasteiger partial charge in [0.15, 0.2) is 0 Å². The smallest absolute Gasteiger partial charge is 0.0285 e. The summed E-state index contributed by atoms with van der Waals surface area (Å²) in [4.78, 5) is 2.37. The number of rotatable bonds is 2. The lowest BCUT2D eigenvalue weighted by atomic mass is 10.0. The van der Waals surface area contributed by atoms with Gasteiger partial charge < -0.3 is 10.6 Å². The van der Waals surface area contributed by atoms with Gasteiger partial charge in [0.25, 0.3) is 0 Å². The Morgan fingerprint density at radius 2 is 2.20 bits per heavy atom. The van der Waals surface area contributed by atoms with Crippen LogP contribution in [0.15, 0.2) is 28.7 Å². The lowest BCUT2D eigenvalue weighted by Crippen LogP contribution is -2.39. The Labute approximate surface area is 99.6 Å². The van der Waals surface area contributed by atoms with Crippen LogP contribution in [-0.2, 0) is 6.42 Å². The van der Waals surface area contributed by atoms with Gasteiger partial charge in [0.1, 0.15) is 0 Å². The molecule has 2 nitrogen and oxygen atoms in total. The second-order valence-corrected chi connectivity index (χ2v) is 5.15. The molecule has 0 aromatic heterocycles. The maximum absolute atomic E-state index is 6.11. The highest BCUT2D eigenvalue weighted by Crippen LogP contribution is 2.23. The molecule has 1 aliphatic rings. The Balaban J connectivity index is 2.11. The molecule has 2 atom stereocenters. The Bertz CT molecular complexity index is 330. The predicted molar refractivity (Wildman–Crippen MR) is 66.9 cm³/mol. The molecule has 2 rings (SSSR count). The van der Waals surface area contributed by atoms with Crippen LogP contribution in [0.5, 0.6) is 0 Å². The van der Waals surface area contributed by atoms with Crippen LogP contribution in [0.4, 0.5) is 0 Å². The number of likely N-dealkylation sites (N-methyl/N-ethyl adjacent to an activating group) is 1. The summed E-state index contributed by atoms with van der Waals surface area (Å²) in [5.74, 6) is 0. The van der Waals surface area contributed by atoms with Crippen molar-refractivity contribution in [3.05, 3.63) is 34.3 Å². The van der Waals surface area contributed by atoms with Gasteiger partial charge in [0.05, 0.1) is 0 Å². The lowest BCUT2D eigenvalue weighted by molar-refractivity contribution is 0.296. The number of hydrogen-bond acceptors (Lipinski definition) is 2. The first-order valence-corrected chi connectivity index (χ1v) is 6.17. The van der Waals surface area contributed by atoms with E-state index in [2.05, 4.69) is 46.1 Å². The van der Waals surface area contributed by atoms with Crippen molar-refractivity contribution in [3.63, 3.8) is 0 Å². The fourth-order valence-corrected chi connectivity index (χ4v) is 2.68. The average molecular weight is 269 g/mol. The second kappa shape index (κ2) is 4.64. The van der Waals surface area contributed by atoms with Crippen LogP contribution in [0.2, 0.25) is 0 Å². The maximum atomic E-state index is 6.11. The standard InChI is InChI=1S/C12H17BrN2/c1-15-7-6-11(14)12(15)8-9-4-2-3-5-10(9)13/h2-5,11-12H,6-8,14H2,1H3. The molecule has 2 N–H and O–H groups in total. The lowest BCUT2D eigenvalue weighted by Gasteiger charge is -2.23. The number of likely N-dealkylation sites (tertiary alicyclic amines) is 1. The van der Waals surface area contributed by atoms with Gasteiger partial charge >= 0.3 is 0 Å². The summed E-state index contributed by atoms with van der Waals surface area (Å²) in [5.41, 5.74) is 7.46. The summed E-state index contributed by atoms with van der Waals surface area (Å²) in [6.45, 7) is 1.12. The van der Waals surface area contributed by atoms with E-state index in [0.29, 0.717) is 12.1 Å². The Hall–Kier alpha value is -0.380. The van der Waals surface area contributed by atoms with E-state index < -0.39 is 0 Å². The van der Waals surface area contributed by atoms with E-state index in [1.54, 1.807) is 0 Å². The van der Waals surface area contributed by atoms with E-state index in [4.69, 9.17) is 5.73 Å². The molecule has 82 valence electrons. The van der Waals surface area contributed by atoms with Gasteiger partial charge in [-0.05, 0) is 38.1 Å². The molecule has 1 heterocycles. The van der Waals surface area contributed by atoms with E-state index in [9.17, 15) is 0 Å². The highest BCUT2D eigenvalue weighted by atomic mass is 79.9. The fraction of sp³-hybridized carbons (Fsp3) is 0.500. The topological polar surface area (TPSA) is 29.3 Å². The molecule has 1 aromatic rings. The van der Waals surface area contributed by atoms with Crippen molar-refractivity contribution in [2.75, 3.05) is 13.6 Å². The Morgan fingerprint density at radius 1 is 1.47 bits per heavy atom. The molecule has 1 aromatic carbocycles. The van der Waals surface area contributed by atoms with Crippen molar-refractivity contribution in [2.24, 2.45) is 5.73 Å². The van der Waals surface area contributed by atoms with Gasteiger partial charge in [-0.2, -0.15) is 0 Å². The SMILES string of the molecule is CN1CCC(N)C1Cc1ccccc1Br. The summed E-state index contributed by atoms with van der Waals surface area (Å²) in [6, 6.07) is 9.20. The van der Waals surface area contributed by atoms with Crippen LogP contribution in [0.25, 0.3) is 0 Å². The van der Waals surface area contributed by atoms with Crippen molar-refractivity contribution in [1.29, 1.82) is 0 Å². The molecule has 0 spiro atoms. The average Bonchev–Trinajstić information content (AvgIpc) is 2.53. The van der Waals surface area contributed by atoms with Crippen LogP contribution >= 0.6 is 15.9 Å². The summed E-state index contributed by atoms with van der Waals surface area (Å²) in [6.07, 6.45) is 2.16. The molecular formula is C12H17BrN2. The molecule has 3 heteroatoms. The zero-order valence-electron chi connectivity index (χ0n) is 8.99. The number of benzene rings is 1. The van der Waals surface area contributed by atoms with Gasteiger partial charge in [-0.15, -0.1) is 0 Å². The van der Waals surface area contributed by atoms with Crippen LogP contribution in [0.1, 0.15) is 12.0 Å². The Kier molecular flexibility index (Phi) is 3.44. The molecule has 1 saturated heterocycles. The molecule has 0 saturated carbocycles. The molecule has 2 unspecified atom stereocenters. The quantitative estimate of drug-likeness (QED) is 0.890. The normalized spacial score (nSPS) is 27.1. The number of hydrogen-bond donors (Lipinski definition) is 1.